The van der Waals surface area contributed by atoms with Gasteiger partial charge < -0.3 is 14.9 Å². The molecule has 2 aromatic rings. The summed E-state index contributed by atoms with van der Waals surface area (Å²) in [7, 11) is 0. The second kappa shape index (κ2) is 3.61. The van der Waals surface area contributed by atoms with Crippen molar-refractivity contribution in [2.45, 2.75) is 6.92 Å². The maximum Gasteiger partial charge on any atom is 0.359 e. The van der Waals surface area contributed by atoms with Gasteiger partial charge in [-0.1, -0.05) is 0 Å². The molecule has 0 radical (unpaired) electrons. The Morgan fingerprint density at radius 1 is 1.60 bits per heavy atom. The highest BCUT2D eigenvalue weighted by molar-refractivity contribution is 5.95. The van der Waals surface area contributed by atoms with Crippen molar-refractivity contribution in [1.82, 2.24) is 9.38 Å². The van der Waals surface area contributed by atoms with Gasteiger partial charge in [-0.25, -0.2) is 9.78 Å². The van der Waals surface area contributed by atoms with Gasteiger partial charge >= 0.3 is 5.97 Å². The van der Waals surface area contributed by atoms with Crippen molar-refractivity contribution in [2.75, 3.05) is 12.3 Å². The highest BCUT2D eigenvalue weighted by Gasteiger charge is 2.13. The van der Waals surface area contributed by atoms with Gasteiger partial charge in [0.2, 0.25) is 0 Å². The van der Waals surface area contributed by atoms with E-state index in [0.29, 0.717) is 23.5 Å². The van der Waals surface area contributed by atoms with Gasteiger partial charge in [0.15, 0.2) is 5.69 Å². The molecular formula is C10H11N3O2. The number of hydrogen-bond acceptors (Lipinski definition) is 4. The fourth-order valence-corrected chi connectivity index (χ4v) is 1.37. The zero-order valence-electron chi connectivity index (χ0n) is 8.30. The Morgan fingerprint density at radius 3 is 3.13 bits per heavy atom. The number of nitrogens with two attached hydrogens (primary N) is 1. The van der Waals surface area contributed by atoms with Crippen molar-refractivity contribution >= 4 is 17.2 Å². The van der Waals surface area contributed by atoms with Crippen molar-refractivity contribution in [2.24, 2.45) is 0 Å². The van der Waals surface area contributed by atoms with E-state index in [2.05, 4.69) is 4.98 Å². The molecular weight excluding hydrogens is 194 g/mol. The fraction of sp³-hybridized carbons (Fsp3) is 0.200. The molecule has 0 spiro atoms. The molecule has 15 heavy (non-hydrogen) atoms. The van der Waals surface area contributed by atoms with Gasteiger partial charge in [-0.2, -0.15) is 0 Å². The van der Waals surface area contributed by atoms with E-state index in [4.69, 9.17) is 10.5 Å². The first-order valence-corrected chi connectivity index (χ1v) is 4.61. The Balaban J connectivity index is 2.49. The number of aromatic nitrogens is 2. The van der Waals surface area contributed by atoms with Crippen LogP contribution in [0.3, 0.4) is 0 Å². The standard InChI is InChI=1S/C10H11N3O2/c1-2-15-10(14)9-8-4-3-7(11)5-13(8)6-12-9/h3-6H,2,11H2,1H3. The second-order valence-electron chi connectivity index (χ2n) is 3.07. The third-order valence-electron chi connectivity index (χ3n) is 2.02. The number of anilines is 1. The lowest BCUT2D eigenvalue weighted by atomic mass is 10.3. The van der Waals surface area contributed by atoms with Crippen LogP contribution in [0, 0.1) is 0 Å². The van der Waals surface area contributed by atoms with Crippen LogP contribution in [-0.2, 0) is 4.74 Å². The summed E-state index contributed by atoms with van der Waals surface area (Å²) in [6.07, 6.45) is 3.24. The molecule has 0 saturated heterocycles. The lowest BCUT2D eigenvalue weighted by Crippen LogP contribution is -2.05. The normalized spacial score (nSPS) is 10.5. The molecule has 2 rings (SSSR count). The molecule has 0 amide bonds. The molecule has 2 aromatic heterocycles. The highest BCUT2D eigenvalue weighted by Crippen LogP contribution is 2.13. The molecule has 0 aromatic carbocycles. The molecule has 5 nitrogen and oxygen atoms in total. The van der Waals surface area contributed by atoms with Crippen LogP contribution in [-0.4, -0.2) is 22.0 Å². The van der Waals surface area contributed by atoms with Crippen LogP contribution in [0.4, 0.5) is 5.69 Å². The maximum atomic E-state index is 11.5. The van der Waals surface area contributed by atoms with Gasteiger partial charge in [0.05, 0.1) is 12.1 Å². The molecule has 78 valence electrons. The number of pyridine rings is 1. The molecule has 0 aliphatic heterocycles. The Bertz CT molecular complexity index is 504. The van der Waals surface area contributed by atoms with E-state index >= 15 is 0 Å². The predicted molar refractivity (Wildman–Crippen MR) is 55.6 cm³/mol. The van der Waals surface area contributed by atoms with Crippen LogP contribution >= 0.6 is 0 Å². The number of carbonyl (C=O) groups excluding carboxylic acids is 1. The molecule has 0 atom stereocenters. The van der Waals surface area contributed by atoms with Gasteiger partial charge in [0.25, 0.3) is 0 Å². The number of imidazole rings is 1. The molecule has 0 aliphatic carbocycles. The van der Waals surface area contributed by atoms with Gasteiger partial charge in [0.1, 0.15) is 6.33 Å². The minimum Gasteiger partial charge on any atom is -0.461 e. The van der Waals surface area contributed by atoms with Gasteiger partial charge in [0, 0.05) is 11.9 Å². The Hall–Kier alpha value is -2.04. The molecule has 0 aliphatic rings. The summed E-state index contributed by atoms with van der Waals surface area (Å²) in [6, 6.07) is 3.47. The number of hydrogen-bond donors (Lipinski definition) is 1. The van der Waals surface area contributed by atoms with Gasteiger partial charge in [-0.15, -0.1) is 0 Å². The van der Waals surface area contributed by atoms with Crippen LogP contribution < -0.4 is 5.73 Å². The first-order chi connectivity index (χ1) is 7.22. The molecule has 0 saturated carbocycles. The average Bonchev–Trinajstić information content (AvgIpc) is 2.60. The van der Waals surface area contributed by atoms with Crippen molar-refractivity contribution in [1.29, 1.82) is 0 Å². The summed E-state index contributed by atoms with van der Waals surface area (Å²) >= 11 is 0. The van der Waals surface area contributed by atoms with Crippen molar-refractivity contribution in [3.8, 4) is 0 Å². The zero-order chi connectivity index (χ0) is 10.8. The molecule has 2 heterocycles. The number of rotatable bonds is 2. The van der Waals surface area contributed by atoms with Gasteiger partial charge in [-0.3, -0.25) is 0 Å². The zero-order valence-corrected chi connectivity index (χ0v) is 8.30. The van der Waals surface area contributed by atoms with E-state index in [9.17, 15) is 4.79 Å². The van der Waals surface area contributed by atoms with Crippen molar-refractivity contribution < 1.29 is 9.53 Å². The Kier molecular flexibility index (Phi) is 2.29. The minimum absolute atomic E-state index is 0.317. The Labute approximate surface area is 86.5 Å². The fourth-order valence-electron chi connectivity index (χ4n) is 1.37. The smallest absolute Gasteiger partial charge is 0.359 e. The van der Waals surface area contributed by atoms with Crippen LogP contribution in [0.5, 0.6) is 0 Å². The van der Waals surface area contributed by atoms with Crippen LogP contribution in [0.1, 0.15) is 17.4 Å². The SMILES string of the molecule is CCOC(=O)c1ncn2cc(N)ccc12. The highest BCUT2D eigenvalue weighted by atomic mass is 16.5. The summed E-state index contributed by atoms with van der Waals surface area (Å²) in [4.78, 5) is 15.5. The third-order valence-corrected chi connectivity index (χ3v) is 2.02. The van der Waals surface area contributed by atoms with E-state index < -0.39 is 5.97 Å². The van der Waals surface area contributed by atoms with E-state index in [1.165, 1.54) is 6.33 Å². The Morgan fingerprint density at radius 2 is 2.40 bits per heavy atom. The topological polar surface area (TPSA) is 69.6 Å². The molecule has 0 bridgehead atoms. The number of carbonyl (C=O) groups is 1. The van der Waals surface area contributed by atoms with Gasteiger partial charge in [-0.05, 0) is 19.1 Å². The first-order valence-electron chi connectivity index (χ1n) is 4.61. The number of fused-ring (bicyclic) bond motifs is 1. The number of ether oxygens (including phenoxy) is 1. The molecule has 5 heteroatoms. The lowest BCUT2D eigenvalue weighted by molar-refractivity contribution is 0.0522. The van der Waals surface area contributed by atoms with Crippen LogP contribution in [0.15, 0.2) is 24.7 Å². The second-order valence-corrected chi connectivity index (χ2v) is 3.07. The predicted octanol–water partition coefficient (Wildman–Crippen LogP) is 1.09. The van der Waals surface area contributed by atoms with E-state index in [-0.39, 0.29) is 0 Å². The first kappa shape index (κ1) is 9.51. The van der Waals surface area contributed by atoms with Crippen LogP contribution in [0.25, 0.3) is 5.52 Å². The largest absolute Gasteiger partial charge is 0.461 e. The lowest BCUT2D eigenvalue weighted by Gasteiger charge is -1.99. The summed E-state index contributed by atoms with van der Waals surface area (Å²) in [6.45, 7) is 2.10. The van der Waals surface area contributed by atoms with Crippen LogP contribution in [0.2, 0.25) is 0 Å². The molecule has 2 N–H and O–H groups in total. The summed E-state index contributed by atoms with van der Waals surface area (Å²) in [5.41, 5.74) is 7.24. The number of nitrogen functional groups attached to an aromatic ring is 1. The molecule has 0 fully saturated rings. The quantitative estimate of drug-likeness (QED) is 0.745. The third kappa shape index (κ3) is 1.63. The average molecular weight is 205 g/mol. The van der Waals surface area contributed by atoms with E-state index in [1.54, 1.807) is 29.7 Å². The number of esters is 1. The molecule has 0 unspecified atom stereocenters. The monoisotopic (exact) mass is 205 g/mol. The summed E-state index contributed by atoms with van der Waals surface area (Å²) < 4.78 is 6.57. The summed E-state index contributed by atoms with van der Waals surface area (Å²) in [5, 5.41) is 0. The van der Waals surface area contributed by atoms with Crippen molar-refractivity contribution in [3.63, 3.8) is 0 Å². The summed E-state index contributed by atoms with van der Waals surface area (Å²) in [5.74, 6) is -0.412. The van der Waals surface area contributed by atoms with Crippen molar-refractivity contribution in [3.05, 3.63) is 30.4 Å². The maximum absolute atomic E-state index is 11.5. The van der Waals surface area contributed by atoms with E-state index in [1.807, 2.05) is 0 Å². The minimum atomic E-state index is -0.412. The van der Waals surface area contributed by atoms with E-state index in [0.717, 1.165) is 0 Å². The number of nitrogens with zero attached hydrogens (tertiary/aromatic N) is 2.